The lowest BCUT2D eigenvalue weighted by Gasteiger charge is -2.29. The molecule has 0 saturated heterocycles. The summed E-state index contributed by atoms with van der Waals surface area (Å²) in [6.07, 6.45) is 6.95. The summed E-state index contributed by atoms with van der Waals surface area (Å²) in [6, 6.07) is 12.5. The Morgan fingerprint density at radius 3 is 2.42 bits per heavy atom. The van der Waals surface area contributed by atoms with Crippen LogP contribution in [-0.4, -0.2) is 31.0 Å². The molecule has 0 saturated carbocycles. The number of halogens is 1. The van der Waals surface area contributed by atoms with Crippen molar-refractivity contribution in [3.8, 4) is 22.9 Å². The summed E-state index contributed by atoms with van der Waals surface area (Å²) in [5, 5.41) is 16.1. The van der Waals surface area contributed by atoms with Gasteiger partial charge in [-0.25, -0.2) is 4.39 Å². The smallest absolute Gasteiger partial charge is 0.313 e. The van der Waals surface area contributed by atoms with Crippen molar-refractivity contribution in [2.75, 3.05) is 13.6 Å². The normalized spacial score (nSPS) is 13.2. The minimum atomic E-state index is -1.22. The molecule has 2 N–H and O–H groups in total. The zero-order valence-corrected chi connectivity index (χ0v) is 24.6. The summed E-state index contributed by atoms with van der Waals surface area (Å²) in [5.74, 6) is -0.975. The average Bonchev–Trinajstić information content (AvgIpc) is 2.93. The van der Waals surface area contributed by atoms with E-state index in [0.29, 0.717) is 36.3 Å². The molecule has 0 fully saturated rings. The van der Waals surface area contributed by atoms with Gasteiger partial charge in [0.1, 0.15) is 17.1 Å². The zero-order chi connectivity index (χ0) is 29.7. The maximum atomic E-state index is 15.4. The molecule has 2 aromatic rings. The Hall–Kier alpha value is -3.50. The summed E-state index contributed by atoms with van der Waals surface area (Å²) >= 11 is 0. The first-order valence-electron chi connectivity index (χ1n) is 14.2. The Balaban J connectivity index is 2.18. The van der Waals surface area contributed by atoms with Crippen molar-refractivity contribution in [1.29, 1.82) is 5.26 Å². The first-order valence-corrected chi connectivity index (χ1v) is 14.2. The number of ether oxygens (including phenoxy) is 1. The number of aryl methyl sites for hydroxylation is 1. The second-order valence-corrected chi connectivity index (χ2v) is 10.8. The molecule has 6 nitrogen and oxygen atoms in total. The monoisotopic (exact) mass is 549 g/mol. The van der Waals surface area contributed by atoms with Crippen LogP contribution in [0.25, 0.3) is 11.1 Å². The van der Waals surface area contributed by atoms with Crippen molar-refractivity contribution in [3.05, 3.63) is 66.0 Å². The van der Waals surface area contributed by atoms with Crippen molar-refractivity contribution < 1.29 is 18.7 Å². The van der Waals surface area contributed by atoms with Crippen LogP contribution >= 0.6 is 0 Å². The number of hydrogen-bond acceptors (Lipinski definition) is 5. The van der Waals surface area contributed by atoms with E-state index < -0.39 is 11.4 Å². The molecule has 2 aromatic carbocycles. The van der Waals surface area contributed by atoms with Gasteiger partial charge in [-0.1, -0.05) is 57.9 Å². The number of rotatable bonds is 16. The van der Waals surface area contributed by atoms with Gasteiger partial charge >= 0.3 is 5.97 Å². The quantitative estimate of drug-likeness (QED) is 0.106. The summed E-state index contributed by atoms with van der Waals surface area (Å²) in [7, 11) is 1.81. The molecule has 0 unspecified atom stereocenters. The van der Waals surface area contributed by atoms with Gasteiger partial charge in [-0.3, -0.25) is 9.59 Å². The molecular weight excluding hydrogens is 505 g/mol. The fourth-order valence-corrected chi connectivity index (χ4v) is 4.54. The van der Waals surface area contributed by atoms with Gasteiger partial charge in [-0.05, 0) is 80.1 Å². The third-order valence-electron chi connectivity index (χ3n) is 7.20. The van der Waals surface area contributed by atoms with E-state index in [0.717, 1.165) is 36.8 Å². The predicted octanol–water partition coefficient (Wildman–Crippen LogP) is 6.67. The fourth-order valence-electron chi connectivity index (χ4n) is 4.54. The van der Waals surface area contributed by atoms with Crippen molar-refractivity contribution >= 4 is 11.9 Å². The van der Waals surface area contributed by atoms with Crippen LogP contribution in [0.3, 0.4) is 0 Å². The van der Waals surface area contributed by atoms with Gasteiger partial charge < -0.3 is 15.4 Å². The maximum Gasteiger partial charge on any atom is 0.313 e. The third kappa shape index (κ3) is 9.31. The topological polar surface area (TPSA) is 91.2 Å². The van der Waals surface area contributed by atoms with E-state index in [1.165, 1.54) is 6.07 Å². The lowest BCUT2D eigenvalue weighted by atomic mass is 9.87. The largest absolute Gasteiger partial charge is 0.426 e. The molecule has 216 valence electrons. The molecule has 0 aliphatic carbocycles. The number of nitrogens with one attached hydrogen (secondary N) is 2. The first kappa shape index (κ1) is 32.7. The van der Waals surface area contributed by atoms with Crippen LogP contribution in [0.2, 0.25) is 0 Å². The van der Waals surface area contributed by atoms with E-state index >= 15 is 4.39 Å². The van der Waals surface area contributed by atoms with E-state index in [2.05, 4.69) is 23.3 Å². The van der Waals surface area contributed by atoms with E-state index in [1.54, 1.807) is 45.2 Å². The summed E-state index contributed by atoms with van der Waals surface area (Å²) in [4.78, 5) is 25.2. The van der Waals surface area contributed by atoms with Crippen LogP contribution in [0.15, 0.2) is 49.1 Å². The number of nitrogens with zero attached hydrogens (tertiary/aromatic N) is 1. The molecule has 40 heavy (non-hydrogen) atoms. The van der Waals surface area contributed by atoms with Crippen molar-refractivity contribution in [1.82, 2.24) is 10.6 Å². The molecule has 0 bridgehead atoms. The van der Waals surface area contributed by atoms with Gasteiger partial charge in [0.2, 0.25) is 5.91 Å². The number of carbonyl (C=O) groups excluding carboxylic acids is 2. The molecule has 0 aromatic heterocycles. The van der Waals surface area contributed by atoms with E-state index in [-0.39, 0.29) is 30.1 Å². The van der Waals surface area contributed by atoms with E-state index in [9.17, 15) is 14.9 Å². The van der Waals surface area contributed by atoms with Gasteiger partial charge in [0.25, 0.3) is 0 Å². The fraction of sp³-hybridized carbons (Fsp3) is 0.485. The predicted molar refractivity (Wildman–Crippen MR) is 158 cm³/mol. The molecule has 0 aliphatic rings. The zero-order valence-electron chi connectivity index (χ0n) is 24.6. The summed E-state index contributed by atoms with van der Waals surface area (Å²) in [5.41, 5.74) is 1.36. The Morgan fingerprint density at radius 1 is 1.15 bits per heavy atom. The number of unbranched alkanes of at least 4 members (excludes halogenated alkanes) is 3. The molecule has 0 aliphatic heterocycles. The highest BCUT2D eigenvalue weighted by Crippen LogP contribution is 2.29. The number of carbonyl (C=O) groups is 2. The Labute approximate surface area is 239 Å². The minimum Gasteiger partial charge on any atom is -0.426 e. The number of benzene rings is 2. The standard InChI is InChI=1S/C33H44FN3O3/c1-7-9-10-11-12-13-28(21-36-6)31(38)37-33(8-2,22-35)20-27-15-14-26(19-29(27)34)25-16-17-30(24(5)18-25)40-32(39)23(3)4/h7,14-19,23,28,36H,1,8-13,20-21H2,2-6H3,(H,37,38)/t28-,33+/m0/s1. The van der Waals surface area contributed by atoms with Crippen LogP contribution in [0.1, 0.15) is 70.4 Å². The lowest BCUT2D eigenvalue weighted by Crippen LogP contribution is -2.52. The highest BCUT2D eigenvalue weighted by atomic mass is 19.1. The van der Waals surface area contributed by atoms with Gasteiger partial charge in [0, 0.05) is 13.0 Å². The molecule has 2 rings (SSSR count). The third-order valence-corrected chi connectivity index (χ3v) is 7.20. The van der Waals surface area contributed by atoms with Crippen LogP contribution in [0.5, 0.6) is 5.75 Å². The molecular formula is C33H44FN3O3. The highest BCUT2D eigenvalue weighted by Gasteiger charge is 2.33. The molecule has 0 spiro atoms. The van der Waals surface area contributed by atoms with Crippen LogP contribution < -0.4 is 15.4 Å². The van der Waals surface area contributed by atoms with Crippen molar-refractivity contribution in [3.63, 3.8) is 0 Å². The van der Waals surface area contributed by atoms with Crippen molar-refractivity contribution in [2.24, 2.45) is 11.8 Å². The number of amides is 1. The van der Waals surface area contributed by atoms with Gasteiger partial charge in [0.15, 0.2) is 0 Å². The van der Waals surface area contributed by atoms with Crippen LogP contribution in [-0.2, 0) is 16.0 Å². The van der Waals surface area contributed by atoms with Gasteiger partial charge in [-0.15, -0.1) is 6.58 Å². The Kier molecular flexibility index (Phi) is 13.0. The second kappa shape index (κ2) is 15.9. The Bertz CT molecular complexity index is 1200. The lowest BCUT2D eigenvalue weighted by molar-refractivity contribution is -0.137. The minimum absolute atomic E-state index is 0.0621. The SMILES string of the molecule is C=CCCCCC[C@@H](CNC)C(=O)N[C@](C#N)(CC)Cc1ccc(-c2ccc(OC(=O)C(C)C)c(C)c2)cc1F. The number of allylic oxidation sites excluding steroid dienone is 1. The Morgan fingerprint density at radius 2 is 1.85 bits per heavy atom. The average molecular weight is 550 g/mol. The van der Waals surface area contributed by atoms with E-state index in [1.807, 2.05) is 26.0 Å². The summed E-state index contributed by atoms with van der Waals surface area (Å²) in [6.45, 7) is 11.5. The highest BCUT2D eigenvalue weighted by molar-refractivity contribution is 5.80. The van der Waals surface area contributed by atoms with Gasteiger partial charge in [0.05, 0.1) is 17.9 Å². The maximum absolute atomic E-state index is 15.4. The first-order chi connectivity index (χ1) is 19.1. The van der Waals surface area contributed by atoms with Gasteiger partial charge in [-0.2, -0.15) is 5.26 Å². The molecule has 0 radical (unpaired) electrons. The molecule has 0 heterocycles. The summed E-state index contributed by atoms with van der Waals surface area (Å²) < 4.78 is 20.8. The molecule has 2 atom stereocenters. The number of nitriles is 1. The molecule has 7 heteroatoms. The van der Waals surface area contributed by atoms with Crippen LogP contribution in [0.4, 0.5) is 4.39 Å². The van der Waals surface area contributed by atoms with Crippen molar-refractivity contribution in [2.45, 2.75) is 78.2 Å². The number of esters is 1. The second-order valence-electron chi connectivity index (χ2n) is 10.8. The molecule has 1 amide bonds. The van der Waals surface area contributed by atoms with Crippen LogP contribution in [0, 0.1) is 35.9 Å². The number of hydrogen-bond donors (Lipinski definition) is 2. The van der Waals surface area contributed by atoms with E-state index in [4.69, 9.17) is 4.74 Å².